The van der Waals surface area contributed by atoms with Crippen LogP contribution in [-0.4, -0.2) is 22.1 Å². The van der Waals surface area contributed by atoms with Gasteiger partial charge in [-0.1, -0.05) is 24.3 Å². The number of hydrogen-bond donors (Lipinski definition) is 1. The lowest BCUT2D eigenvalue weighted by Gasteiger charge is -2.12. The molecule has 2 heterocycles. The summed E-state index contributed by atoms with van der Waals surface area (Å²) in [4.78, 5) is 17.7. The summed E-state index contributed by atoms with van der Waals surface area (Å²) >= 11 is 1.43. The van der Waals surface area contributed by atoms with E-state index in [1.807, 2.05) is 53.9 Å². The second kappa shape index (κ2) is 8.49. The molecule has 2 aromatic heterocycles. The van der Waals surface area contributed by atoms with E-state index in [1.165, 1.54) is 22.5 Å². The first-order valence-corrected chi connectivity index (χ1v) is 10.4. The molecular weight excluding hydrogens is 382 g/mol. The third-order valence-electron chi connectivity index (χ3n) is 4.66. The molecule has 0 atom stereocenters. The molecule has 4 aromatic rings. The van der Waals surface area contributed by atoms with Gasteiger partial charge in [-0.3, -0.25) is 4.79 Å². The molecular formula is C23H23N3O2S. The minimum absolute atomic E-state index is 0.0786. The number of amides is 1. The highest BCUT2D eigenvalue weighted by Gasteiger charge is 2.13. The van der Waals surface area contributed by atoms with Crippen molar-refractivity contribution in [2.24, 2.45) is 0 Å². The van der Waals surface area contributed by atoms with Crippen LogP contribution < -0.4 is 10.1 Å². The number of thiophene rings is 1. The fourth-order valence-corrected chi connectivity index (χ4v) is 4.08. The number of nitrogens with one attached hydrogen (secondary N) is 1. The molecule has 4 rings (SSSR count). The third kappa shape index (κ3) is 4.49. The Morgan fingerprint density at radius 2 is 1.90 bits per heavy atom. The molecule has 0 aliphatic rings. The summed E-state index contributed by atoms with van der Waals surface area (Å²) in [6, 6.07) is 17.9. The number of fused-ring (bicyclic) bond motifs is 1. The lowest BCUT2D eigenvalue weighted by atomic mass is 10.1. The normalized spacial score (nSPS) is 11.0. The van der Waals surface area contributed by atoms with Crippen LogP contribution in [0, 0.1) is 13.8 Å². The number of aromatic nitrogens is 2. The van der Waals surface area contributed by atoms with E-state index in [2.05, 4.69) is 29.8 Å². The fourth-order valence-electron chi connectivity index (χ4n) is 3.44. The second-order valence-corrected chi connectivity index (χ2v) is 7.95. The van der Waals surface area contributed by atoms with Crippen LogP contribution in [0.15, 0.2) is 60.0 Å². The first kappa shape index (κ1) is 19.2. The van der Waals surface area contributed by atoms with Crippen LogP contribution in [0.5, 0.6) is 5.75 Å². The Kier molecular flexibility index (Phi) is 5.62. The number of carbonyl (C=O) groups excluding carboxylic acids is 1. The number of aryl methyl sites for hydroxylation is 2. The summed E-state index contributed by atoms with van der Waals surface area (Å²) in [7, 11) is 0. The van der Waals surface area contributed by atoms with Crippen molar-refractivity contribution in [3.05, 3.63) is 81.8 Å². The largest absolute Gasteiger partial charge is 0.492 e. The van der Waals surface area contributed by atoms with Gasteiger partial charge in [0.15, 0.2) is 0 Å². The van der Waals surface area contributed by atoms with Crippen molar-refractivity contribution in [2.75, 3.05) is 6.61 Å². The van der Waals surface area contributed by atoms with Gasteiger partial charge in [0.1, 0.15) is 18.2 Å². The van der Waals surface area contributed by atoms with E-state index in [4.69, 9.17) is 9.72 Å². The van der Waals surface area contributed by atoms with Gasteiger partial charge in [-0.25, -0.2) is 4.98 Å². The molecule has 0 aliphatic heterocycles. The Labute approximate surface area is 174 Å². The predicted molar refractivity (Wildman–Crippen MR) is 117 cm³/mol. The highest BCUT2D eigenvalue weighted by molar-refractivity contribution is 7.12. The molecule has 29 heavy (non-hydrogen) atoms. The lowest BCUT2D eigenvalue weighted by molar-refractivity contribution is 0.0953. The van der Waals surface area contributed by atoms with E-state index >= 15 is 0 Å². The van der Waals surface area contributed by atoms with Crippen LogP contribution in [0.1, 0.15) is 26.6 Å². The van der Waals surface area contributed by atoms with E-state index in [0.29, 0.717) is 24.6 Å². The molecule has 0 radical (unpaired) electrons. The number of nitrogens with zero attached hydrogens (tertiary/aromatic N) is 2. The van der Waals surface area contributed by atoms with Crippen LogP contribution in [0.25, 0.3) is 11.0 Å². The molecule has 1 amide bonds. The van der Waals surface area contributed by atoms with E-state index in [0.717, 1.165) is 22.6 Å². The first-order chi connectivity index (χ1) is 14.1. The number of imidazole rings is 1. The minimum Gasteiger partial charge on any atom is -0.492 e. The molecule has 0 aliphatic carbocycles. The van der Waals surface area contributed by atoms with Gasteiger partial charge in [-0.15, -0.1) is 11.3 Å². The number of hydrogen-bond acceptors (Lipinski definition) is 4. The van der Waals surface area contributed by atoms with Crippen LogP contribution in [0.2, 0.25) is 0 Å². The summed E-state index contributed by atoms with van der Waals surface area (Å²) < 4.78 is 8.11. The molecule has 0 unspecified atom stereocenters. The summed E-state index contributed by atoms with van der Waals surface area (Å²) in [5, 5.41) is 4.87. The molecule has 5 nitrogen and oxygen atoms in total. The number of para-hydroxylation sites is 2. The monoisotopic (exact) mass is 405 g/mol. The molecule has 1 N–H and O–H groups in total. The molecule has 2 aromatic carbocycles. The summed E-state index contributed by atoms with van der Waals surface area (Å²) in [6.45, 7) is 5.68. The minimum atomic E-state index is -0.0786. The molecule has 0 spiro atoms. The highest BCUT2D eigenvalue weighted by Crippen LogP contribution is 2.19. The molecule has 148 valence electrons. The van der Waals surface area contributed by atoms with E-state index in [1.54, 1.807) is 0 Å². The van der Waals surface area contributed by atoms with Gasteiger partial charge in [0.2, 0.25) is 0 Å². The van der Waals surface area contributed by atoms with Gasteiger partial charge < -0.3 is 14.6 Å². The Bertz CT molecular complexity index is 1110. The van der Waals surface area contributed by atoms with Gasteiger partial charge in [-0.05, 0) is 60.7 Å². The zero-order valence-corrected chi connectivity index (χ0v) is 17.3. The van der Waals surface area contributed by atoms with Gasteiger partial charge in [0.05, 0.1) is 29.0 Å². The third-order valence-corrected chi connectivity index (χ3v) is 5.53. The lowest BCUT2D eigenvalue weighted by Crippen LogP contribution is -2.24. The standard InChI is InChI=1S/C23H23N3O2S/c1-16-12-17(2)14-18(13-16)28-10-9-26-20-7-4-3-6-19(20)25-22(26)15-24-23(27)21-8-5-11-29-21/h3-8,11-14H,9-10,15H2,1-2H3,(H,24,27). The van der Waals surface area contributed by atoms with Crippen molar-refractivity contribution in [3.63, 3.8) is 0 Å². The first-order valence-electron chi connectivity index (χ1n) is 9.57. The van der Waals surface area contributed by atoms with Crippen molar-refractivity contribution in [1.82, 2.24) is 14.9 Å². The quantitative estimate of drug-likeness (QED) is 0.484. The van der Waals surface area contributed by atoms with Gasteiger partial charge in [-0.2, -0.15) is 0 Å². The van der Waals surface area contributed by atoms with Crippen LogP contribution in [-0.2, 0) is 13.1 Å². The smallest absolute Gasteiger partial charge is 0.261 e. The maximum atomic E-state index is 12.3. The second-order valence-electron chi connectivity index (χ2n) is 7.00. The zero-order valence-electron chi connectivity index (χ0n) is 16.5. The van der Waals surface area contributed by atoms with Gasteiger partial charge >= 0.3 is 0 Å². The maximum absolute atomic E-state index is 12.3. The van der Waals surface area contributed by atoms with Crippen molar-refractivity contribution in [2.45, 2.75) is 26.9 Å². The van der Waals surface area contributed by atoms with Crippen LogP contribution in [0.4, 0.5) is 0 Å². The van der Waals surface area contributed by atoms with Crippen molar-refractivity contribution in [3.8, 4) is 5.75 Å². The Morgan fingerprint density at radius 1 is 1.10 bits per heavy atom. The predicted octanol–water partition coefficient (Wildman–Crippen LogP) is 4.72. The Hall–Kier alpha value is -3.12. The molecule has 0 bridgehead atoms. The summed E-state index contributed by atoms with van der Waals surface area (Å²) in [5.41, 5.74) is 4.33. The van der Waals surface area contributed by atoms with Crippen molar-refractivity contribution >= 4 is 28.3 Å². The van der Waals surface area contributed by atoms with Gasteiger partial charge in [0.25, 0.3) is 5.91 Å². The average molecular weight is 406 g/mol. The summed E-state index contributed by atoms with van der Waals surface area (Å²) in [6.07, 6.45) is 0. The fraction of sp³-hybridized carbons (Fsp3) is 0.217. The topological polar surface area (TPSA) is 56.1 Å². The molecule has 6 heteroatoms. The average Bonchev–Trinajstić information content (AvgIpc) is 3.34. The molecule has 0 fully saturated rings. The number of carbonyl (C=O) groups is 1. The number of rotatable bonds is 7. The molecule has 0 saturated carbocycles. The van der Waals surface area contributed by atoms with Crippen LogP contribution >= 0.6 is 11.3 Å². The Morgan fingerprint density at radius 3 is 2.66 bits per heavy atom. The zero-order chi connectivity index (χ0) is 20.2. The van der Waals surface area contributed by atoms with E-state index in [-0.39, 0.29) is 5.91 Å². The molecule has 0 saturated heterocycles. The van der Waals surface area contributed by atoms with Crippen LogP contribution in [0.3, 0.4) is 0 Å². The van der Waals surface area contributed by atoms with Crippen molar-refractivity contribution < 1.29 is 9.53 Å². The van der Waals surface area contributed by atoms with E-state index in [9.17, 15) is 4.79 Å². The summed E-state index contributed by atoms with van der Waals surface area (Å²) in [5.74, 6) is 1.62. The van der Waals surface area contributed by atoms with E-state index < -0.39 is 0 Å². The SMILES string of the molecule is Cc1cc(C)cc(OCCn2c(CNC(=O)c3cccs3)nc3ccccc32)c1. The Balaban J connectivity index is 1.49. The van der Waals surface area contributed by atoms with Gasteiger partial charge in [0, 0.05) is 0 Å². The maximum Gasteiger partial charge on any atom is 0.261 e. The number of benzene rings is 2. The number of ether oxygens (including phenoxy) is 1. The highest BCUT2D eigenvalue weighted by atomic mass is 32.1. The van der Waals surface area contributed by atoms with Crippen molar-refractivity contribution in [1.29, 1.82) is 0 Å².